The molecule has 4 aromatic rings. The van der Waals surface area contributed by atoms with Crippen LogP contribution in [-0.4, -0.2) is 45.8 Å². The first-order valence-corrected chi connectivity index (χ1v) is 15.8. The normalized spacial score (nSPS) is 14.6. The van der Waals surface area contributed by atoms with Crippen LogP contribution in [0.1, 0.15) is 49.3 Å². The lowest BCUT2D eigenvalue weighted by Gasteiger charge is -2.26. The highest BCUT2D eigenvalue weighted by Gasteiger charge is 2.36. The Morgan fingerprint density at radius 3 is 2.41 bits per heavy atom. The lowest BCUT2D eigenvalue weighted by molar-refractivity contribution is -0.387. The van der Waals surface area contributed by atoms with Gasteiger partial charge in [-0.15, -0.1) is 0 Å². The number of esters is 1. The molecule has 0 fully saturated rings. The Hall–Kier alpha value is -4.82. The number of hydrogen-bond acceptors (Lipinski definition) is 12. The van der Waals surface area contributed by atoms with Gasteiger partial charge in [-0.3, -0.25) is 19.5 Å². The molecule has 0 spiro atoms. The Labute approximate surface area is 272 Å². The highest BCUT2D eigenvalue weighted by molar-refractivity contribution is 7.99. The fourth-order valence-corrected chi connectivity index (χ4v) is 7.05. The summed E-state index contributed by atoms with van der Waals surface area (Å²) in [4.78, 5) is 53.3. The topological polar surface area (TPSA) is 148 Å². The van der Waals surface area contributed by atoms with E-state index < -0.39 is 28.6 Å². The molecule has 5 rings (SSSR count). The summed E-state index contributed by atoms with van der Waals surface area (Å²) in [6.45, 7) is 8.83. The molecule has 0 saturated heterocycles. The molecule has 238 valence electrons. The van der Waals surface area contributed by atoms with Crippen molar-refractivity contribution >= 4 is 40.8 Å². The minimum atomic E-state index is -0.944. The van der Waals surface area contributed by atoms with Crippen molar-refractivity contribution in [2.75, 3.05) is 14.2 Å². The van der Waals surface area contributed by atoms with Crippen molar-refractivity contribution in [3.05, 3.63) is 106 Å². The number of ether oxygens (including phenoxy) is 3. The summed E-state index contributed by atoms with van der Waals surface area (Å²) in [7, 11) is 3.02. The number of methoxy groups -OCH3 is 2. The summed E-state index contributed by atoms with van der Waals surface area (Å²) in [5.74, 6) is 0.318. The van der Waals surface area contributed by atoms with Gasteiger partial charge in [0.25, 0.3) is 11.2 Å². The number of carbonyl (C=O) groups is 1. The van der Waals surface area contributed by atoms with Gasteiger partial charge >= 0.3 is 5.97 Å². The van der Waals surface area contributed by atoms with Crippen molar-refractivity contribution in [2.45, 2.75) is 56.8 Å². The maximum absolute atomic E-state index is 14.1. The molecule has 0 bridgehead atoms. The van der Waals surface area contributed by atoms with Crippen LogP contribution in [0.15, 0.2) is 73.6 Å². The van der Waals surface area contributed by atoms with Gasteiger partial charge in [-0.1, -0.05) is 17.4 Å². The van der Waals surface area contributed by atoms with Gasteiger partial charge in [0, 0.05) is 23.0 Å². The van der Waals surface area contributed by atoms with Crippen LogP contribution < -0.4 is 24.4 Å². The van der Waals surface area contributed by atoms with Crippen molar-refractivity contribution < 1.29 is 23.9 Å². The van der Waals surface area contributed by atoms with Crippen LogP contribution >= 0.6 is 23.1 Å². The minimum Gasteiger partial charge on any atom is -0.497 e. The first-order valence-electron chi connectivity index (χ1n) is 14.1. The molecule has 2 aromatic heterocycles. The summed E-state index contributed by atoms with van der Waals surface area (Å²) in [5, 5.41) is 12.5. The zero-order valence-corrected chi connectivity index (χ0v) is 27.8. The number of aryl methyl sites for hydroxylation is 2. The number of nitrogens with zero attached hydrogens (tertiary/aromatic N) is 5. The zero-order chi connectivity index (χ0) is 33.3. The summed E-state index contributed by atoms with van der Waals surface area (Å²) >= 11 is 2.20. The number of aromatic nitrogens is 3. The number of carbonyl (C=O) groups excluding carboxylic acids is 1. The van der Waals surface area contributed by atoms with E-state index in [-0.39, 0.29) is 15.8 Å². The maximum atomic E-state index is 14.1. The number of fused-ring (bicyclic) bond motifs is 1. The molecule has 14 heteroatoms. The van der Waals surface area contributed by atoms with Crippen LogP contribution in [0.5, 0.6) is 11.5 Å². The molecule has 0 aliphatic carbocycles. The SMILES string of the molecule is COc1ccc(OC)c([C@@H]2C(C(=O)OC(C)C)=C(C)N=c3s/c(=C\c4ccc(Sc5nc(C)cc(C)n5)c([N+](=O)[O-])c4)c(=O)n32)c1. The monoisotopic (exact) mass is 661 g/mol. The third-order valence-corrected chi connectivity index (χ3v) is 8.87. The number of nitro groups is 1. The molecule has 0 unspecified atom stereocenters. The van der Waals surface area contributed by atoms with E-state index in [1.54, 1.807) is 57.2 Å². The summed E-state index contributed by atoms with van der Waals surface area (Å²) in [6.07, 6.45) is 1.16. The molecular weight excluding hydrogens is 631 g/mol. The molecule has 0 radical (unpaired) electrons. The smallest absolute Gasteiger partial charge is 0.338 e. The van der Waals surface area contributed by atoms with Crippen molar-refractivity contribution in [3.8, 4) is 11.5 Å². The number of nitro benzene ring substituents is 1. The first-order chi connectivity index (χ1) is 21.9. The van der Waals surface area contributed by atoms with Crippen LogP contribution in [0.4, 0.5) is 5.69 Å². The fraction of sp³-hybridized carbons (Fsp3) is 0.281. The van der Waals surface area contributed by atoms with E-state index in [0.717, 1.165) is 34.5 Å². The average Bonchev–Trinajstić information content (AvgIpc) is 3.29. The van der Waals surface area contributed by atoms with E-state index in [2.05, 4.69) is 15.0 Å². The van der Waals surface area contributed by atoms with E-state index in [1.165, 1.54) is 24.9 Å². The maximum Gasteiger partial charge on any atom is 0.338 e. The quantitative estimate of drug-likeness (QED) is 0.107. The molecule has 1 aliphatic rings. The van der Waals surface area contributed by atoms with Gasteiger partial charge in [-0.05, 0) is 88.4 Å². The van der Waals surface area contributed by atoms with Gasteiger partial charge < -0.3 is 14.2 Å². The summed E-state index contributed by atoms with van der Waals surface area (Å²) in [6, 6.07) is 10.7. The standard InChI is InChI=1S/C32H31N5O7S2/c1-16(2)44-30(39)27-19(5)35-32-36(28(27)22-15-21(42-6)9-10-24(22)43-7)29(38)26(46-32)14-20-8-11-25(23(13-20)37(40)41)45-31-33-17(3)12-18(4)34-31/h8-16,28H,1-7H3/b26-14-/t28-/m1/s1. The van der Waals surface area contributed by atoms with E-state index in [1.807, 2.05) is 19.9 Å². The summed E-state index contributed by atoms with van der Waals surface area (Å²) < 4.78 is 18.4. The van der Waals surface area contributed by atoms with Gasteiger partial charge in [-0.2, -0.15) is 0 Å². The van der Waals surface area contributed by atoms with Crippen LogP contribution in [0, 0.1) is 24.0 Å². The van der Waals surface area contributed by atoms with Crippen molar-refractivity contribution in [2.24, 2.45) is 4.99 Å². The number of thiazole rings is 1. The number of benzene rings is 2. The second kappa shape index (κ2) is 13.3. The van der Waals surface area contributed by atoms with Gasteiger partial charge in [0.15, 0.2) is 9.96 Å². The second-order valence-corrected chi connectivity index (χ2v) is 12.7. The molecule has 0 N–H and O–H groups in total. The summed E-state index contributed by atoms with van der Waals surface area (Å²) in [5.41, 5.74) is 2.44. The molecule has 0 amide bonds. The Morgan fingerprint density at radius 1 is 1.07 bits per heavy atom. The van der Waals surface area contributed by atoms with Crippen molar-refractivity contribution in [3.63, 3.8) is 0 Å². The van der Waals surface area contributed by atoms with E-state index in [4.69, 9.17) is 14.2 Å². The van der Waals surface area contributed by atoms with Gasteiger partial charge in [0.1, 0.15) is 17.5 Å². The average molecular weight is 662 g/mol. The van der Waals surface area contributed by atoms with Crippen LogP contribution in [0.25, 0.3) is 6.08 Å². The third kappa shape index (κ3) is 6.58. The second-order valence-electron chi connectivity index (χ2n) is 10.7. The predicted molar refractivity (Wildman–Crippen MR) is 173 cm³/mol. The van der Waals surface area contributed by atoms with Crippen molar-refractivity contribution in [1.29, 1.82) is 0 Å². The number of allylic oxidation sites excluding steroid dienone is 1. The lowest BCUT2D eigenvalue weighted by atomic mass is 9.94. The first kappa shape index (κ1) is 32.6. The molecule has 12 nitrogen and oxygen atoms in total. The molecule has 0 saturated carbocycles. The molecule has 1 atom stereocenters. The van der Waals surface area contributed by atoms with E-state index in [0.29, 0.717) is 43.2 Å². The highest BCUT2D eigenvalue weighted by Crippen LogP contribution is 2.38. The Morgan fingerprint density at radius 2 is 1.78 bits per heavy atom. The van der Waals surface area contributed by atoms with Crippen molar-refractivity contribution in [1.82, 2.24) is 14.5 Å². The molecular formula is C32H31N5O7S2. The lowest BCUT2D eigenvalue weighted by Crippen LogP contribution is -2.40. The Bertz CT molecular complexity index is 2060. The molecule has 46 heavy (non-hydrogen) atoms. The highest BCUT2D eigenvalue weighted by atomic mass is 32.2. The third-order valence-electron chi connectivity index (χ3n) is 6.96. The fourth-order valence-electron chi connectivity index (χ4n) is 5.05. The van der Waals surface area contributed by atoms with Crippen LogP contribution in [-0.2, 0) is 9.53 Å². The van der Waals surface area contributed by atoms with Gasteiger partial charge in [0.05, 0.1) is 45.9 Å². The minimum absolute atomic E-state index is 0.150. The molecule has 2 aromatic carbocycles. The van der Waals surface area contributed by atoms with Gasteiger partial charge in [0.2, 0.25) is 0 Å². The Kier molecular flexibility index (Phi) is 9.39. The molecule has 3 heterocycles. The molecule has 1 aliphatic heterocycles. The zero-order valence-electron chi connectivity index (χ0n) is 26.2. The number of hydrogen-bond donors (Lipinski definition) is 0. The van der Waals surface area contributed by atoms with Crippen LogP contribution in [0.2, 0.25) is 0 Å². The van der Waals surface area contributed by atoms with Crippen LogP contribution in [0.3, 0.4) is 0 Å². The largest absolute Gasteiger partial charge is 0.497 e. The van der Waals surface area contributed by atoms with Gasteiger partial charge in [-0.25, -0.2) is 19.8 Å². The van der Waals surface area contributed by atoms with E-state index in [9.17, 15) is 19.7 Å². The Balaban J connectivity index is 1.66. The van der Waals surface area contributed by atoms with E-state index >= 15 is 0 Å². The predicted octanol–water partition coefficient (Wildman–Crippen LogP) is 4.67. The number of rotatable bonds is 9.